The summed E-state index contributed by atoms with van der Waals surface area (Å²) >= 11 is 2.14. The standard InChI is InChI=1S/C22H37NOS/c1-2-3-18-25-19-12-10-8-6-4-5-7-9-11-17-23-22-15-13-21(20-24)14-16-22/h13-16,20,23H,2-12,17-19H2,1H3. The maximum Gasteiger partial charge on any atom is 0.150 e. The van der Waals surface area contributed by atoms with E-state index in [1.165, 1.54) is 82.1 Å². The number of rotatable bonds is 17. The third-order valence-corrected chi connectivity index (χ3v) is 5.64. The summed E-state index contributed by atoms with van der Waals surface area (Å²) < 4.78 is 0. The summed E-state index contributed by atoms with van der Waals surface area (Å²) in [5.41, 5.74) is 1.85. The van der Waals surface area contributed by atoms with Crippen molar-refractivity contribution in [2.24, 2.45) is 0 Å². The molecule has 0 saturated heterocycles. The summed E-state index contributed by atoms with van der Waals surface area (Å²) in [6, 6.07) is 7.68. The summed E-state index contributed by atoms with van der Waals surface area (Å²) in [6.45, 7) is 3.29. The van der Waals surface area contributed by atoms with Crippen molar-refractivity contribution < 1.29 is 4.79 Å². The van der Waals surface area contributed by atoms with E-state index in [2.05, 4.69) is 24.0 Å². The van der Waals surface area contributed by atoms with E-state index in [1.807, 2.05) is 24.3 Å². The van der Waals surface area contributed by atoms with Crippen LogP contribution in [0.2, 0.25) is 0 Å². The highest BCUT2D eigenvalue weighted by Gasteiger charge is 1.95. The minimum Gasteiger partial charge on any atom is -0.385 e. The first-order chi connectivity index (χ1) is 12.4. The first-order valence-corrected chi connectivity index (χ1v) is 11.4. The zero-order valence-corrected chi connectivity index (χ0v) is 16.9. The molecule has 0 radical (unpaired) electrons. The molecule has 0 fully saturated rings. The molecule has 1 N–H and O–H groups in total. The van der Waals surface area contributed by atoms with Gasteiger partial charge in [0.2, 0.25) is 0 Å². The van der Waals surface area contributed by atoms with E-state index in [0.717, 1.165) is 24.1 Å². The molecule has 25 heavy (non-hydrogen) atoms. The molecule has 2 nitrogen and oxygen atoms in total. The minimum atomic E-state index is 0.737. The summed E-state index contributed by atoms with van der Waals surface area (Å²) in [7, 11) is 0. The van der Waals surface area contributed by atoms with Crippen LogP contribution in [-0.4, -0.2) is 24.3 Å². The zero-order valence-electron chi connectivity index (χ0n) is 16.1. The van der Waals surface area contributed by atoms with Crippen LogP contribution in [0.1, 0.15) is 87.9 Å². The molecular formula is C22H37NOS. The molecule has 142 valence electrons. The van der Waals surface area contributed by atoms with Crippen LogP contribution in [0.25, 0.3) is 0 Å². The Kier molecular flexibility index (Phi) is 14.6. The molecule has 0 saturated carbocycles. The molecule has 0 aliphatic carbocycles. The fraction of sp³-hybridized carbons (Fsp3) is 0.682. The molecule has 0 spiro atoms. The van der Waals surface area contributed by atoms with Crippen LogP contribution in [0, 0.1) is 0 Å². The van der Waals surface area contributed by atoms with Crippen LogP contribution < -0.4 is 5.32 Å². The van der Waals surface area contributed by atoms with E-state index >= 15 is 0 Å². The van der Waals surface area contributed by atoms with E-state index in [-0.39, 0.29) is 0 Å². The second kappa shape index (κ2) is 16.5. The molecule has 0 aliphatic rings. The second-order valence-corrected chi connectivity index (χ2v) is 8.04. The molecular weight excluding hydrogens is 326 g/mol. The van der Waals surface area contributed by atoms with Gasteiger partial charge in [0.15, 0.2) is 0 Å². The van der Waals surface area contributed by atoms with Crippen LogP contribution in [-0.2, 0) is 0 Å². The molecule has 3 heteroatoms. The Hall–Kier alpha value is -0.960. The fourth-order valence-electron chi connectivity index (χ4n) is 2.83. The minimum absolute atomic E-state index is 0.737. The topological polar surface area (TPSA) is 29.1 Å². The number of carbonyl (C=O) groups is 1. The Balaban J connectivity index is 1.79. The molecule has 0 aliphatic heterocycles. The number of benzene rings is 1. The van der Waals surface area contributed by atoms with Gasteiger partial charge in [-0.05, 0) is 55.0 Å². The highest BCUT2D eigenvalue weighted by molar-refractivity contribution is 7.99. The Morgan fingerprint density at radius 2 is 1.36 bits per heavy atom. The summed E-state index contributed by atoms with van der Waals surface area (Å²) in [5.74, 6) is 2.72. The van der Waals surface area contributed by atoms with Gasteiger partial charge in [-0.25, -0.2) is 0 Å². The molecule has 0 aromatic heterocycles. The second-order valence-electron chi connectivity index (χ2n) is 6.81. The third-order valence-electron chi connectivity index (χ3n) is 4.48. The molecule has 0 atom stereocenters. The highest BCUT2D eigenvalue weighted by Crippen LogP contribution is 2.13. The predicted octanol–water partition coefficient (Wildman–Crippen LogP) is 6.96. The Bertz CT molecular complexity index is 419. The van der Waals surface area contributed by atoms with Gasteiger partial charge >= 0.3 is 0 Å². The smallest absolute Gasteiger partial charge is 0.150 e. The van der Waals surface area contributed by atoms with Gasteiger partial charge < -0.3 is 5.32 Å². The quantitative estimate of drug-likeness (QED) is 0.240. The van der Waals surface area contributed by atoms with Crippen LogP contribution in [0.4, 0.5) is 5.69 Å². The van der Waals surface area contributed by atoms with E-state index < -0.39 is 0 Å². The highest BCUT2D eigenvalue weighted by atomic mass is 32.2. The molecule has 0 amide bonds. The van der Waals surface area contributed by atoms with Gasteiger partial charge in [0.1, 0.15) is 6.29 Å². The maximum atomic E-state index is 10.6. The monoisotopic (exact) mass is 363 g/mol. The summed E-state index contributed by atoms with van der Waals surface area (Å²) in [5, 5.41) is 3.42. The normalized spacial score (nSPS) is 10.8. The van der Waals surface area contributed by atoms with Gasteiger partial charge in [0.05, 0.1) is 0 Å². The first-order valence-electron chi connectivity index (χ1n) is 10.2. The zero-order chi connectivity index (χ0) is 18.0. The van der Waals surface area contributed by atoms with Gasteiger partial charge in [0.25, 0.3) is 0 Å². The lowest BCUT2D eigenvalue weighted by Gasteiger charge is -2.06. The average molecular weight is 364 g/mol. The number of nitrogens with one attached hydrogen (secondary N) is 1. The largest absolute Gasteiger partial charge is 0.385 e. The number of carbonyl (C=O) groups excluding carboxylic acids is 1. The van der Waals surface area contributed by atoms with E-state index in [1.54, 1.807) is 0 Å². The number of unbranched alkanes of at least 4 members (excludes halogenated alkanes) is 9. The number of anilines is 1. The van der Waals surface area contributed by atoms with Gasteiger partial charge in [-0.3, -0.25) is 4.79 Å². The van der Waals surface area contributed by atoms with Gasteiger partial charge in [0, 0.05) is 17.8 Å². The van der Waals surface area contributed by atoms with E-state index in [4.69, 9.17) is 0 Å². The summed E-state index contributed by atoms with van der Waals surface area (Å²) in [4.78, 5) is 10.6. The van der Waals surface area contributed by atoms with Crippen molar-refractivity contribution in [3.8, 4) is 0 Å². The molecule has 0 bridgehead atoms. The SMILES string of the molecule is CCCCSCCCCCCCCCCCNc1ccc(C=O)cc1. The van der Waals surface area contributed by atoms with E-state index in [0.29, 0.717) is 0 Å². The summed E-state index contributed by atoms with van der Waals surface area (Å²) in [6.07, 6.45) is 16.0. The predicted molar refractivity (Wildman–Crippen MR) is 114 cm³/mol. The van der Waals surface area contributed by atoms with Crippen molar-refractivity contribution in [3.05, 3.63) is 29.8 Å². The van der Waals surface area contributed by atoms with Gasteiger partial charge in [-0.1, -0.05) is 58.3 Å². The van der Waals surface area contributed by atoms with Gasteiger partial charge in [-0.15, -0.1) is 0 Å². The third kappa shape index (κ3) is 13.0. The Morgan fingerprint density at radius 1 is 0.800 bits per heavy atom. The molecule has 1 rings (SSSR count). The molecule has 1 aromatic carbocycles. The van der Waals surface area contributed by atoms with Crippen LogP contribution in [0.5, 0.6) is 0 Å². The number of aldehydes is 1. The average Bonchev–Trinajstić information content (AvgIpc) is 2.65. The van der Waals surface area contributed by atoms with Crippen molar-refractivity contribution in [3.63, 3.8) is 0 Å². The maximum absolute atomic E-state index is 10.6. The number of thioether (sulfide) groups is 1. The number of hydrogen-bond acceptors (Lipinski definition) is 3. The Labute approximate surface area is 159 Å². The molecule has 0 unspecified atom stereocenters. The fourth-order valence-corrected chi connectivity index (χ4v) is 3.93. The van der Waals surface area contributed by atoms with Crippen LogP contribution in [0.15, 0.2) is 24.3 Å². The first kappa shape index (κ1) is 22.1. The number of hydrogen-bond donors (Lipinski definition) is 1. The lowest BCUT2D eigenvalue weighted by atomic mass is 10.1. The molecule has 0 heterocycles. The lowest BCUT2D eigenvalue weighted by Crippen LogP contribution is -2.01. The van der Waals surface area contributed by atoms with Gasteiger partial charge in [-0.2, -0.15) is 11.8 Å². The van der Waals surface area contributed by atoms with E-state index in [9.17, 15) is 4.79 Å². The lowest BCUT2D eigenvalue weighted by molar-refractivity contribution is 0.112. The Morgan fingerprint density at radius 3 is 1.96 bits per heavy atom. The van der Waals surface area contributed by atoms with Crippen molar-refractivity contribution in [2.45, 2.75) is 77.6 Å². The van der Waals surface area contributed by atoms with Crippen LogP contribution >= 0.6 is 11.8 Å². The molecule has 1 aromatic rings. The van der Waals surface area contributed by atoms with Crippen molar-refractivity contribution in [1.82, 2.24) is 0 Å². The van der Waals surface area contributed by atoms with Crippen molar-refractivity contribution >= 4 is 23.7 Å². The van der Waals surface area contributed by atoms with Crippen LogP contribution in [0.3, 0.4) is 0 Å². The van der Waals surface area contributed by atoms with Crippen molar-refractivity contribution in [1.29, 1.82) is 0 Å². The van der Waals surface area contributed by atoms with Crippen molar-refractivity contribution in [2.75, 3.05) is 23.4 Å².